The lowest BCUT2D eigenvalue weighted by molar-refractivity contribution is -0.123. The van der Waals surface area contributed by atoms with E-state index in [4.69, 9.17) is 4.74 Å². The van der Waals surface area contributed by atoms with Crippen molar-refractivity contribution in [2.24, 2.45) is 0 Å². The third-order valence-corrected chi connectivity index (χ3v) is 5.03. The Kier molecular flexibility index (Phi) is 8.59. The highest BCUT2D eigenvalue weighted by molar-refractivity contribution is 5.96. The Morgan fingerprint density at radius 2 is 1.36 bits per heavy atom. The number of aryl methyl sites for hydroxylation is 1. The molecule has 0 fully saturated rings. The van der Waals surface area contributed by atoms with Crippen molar-refractivity contribution in [3.05, 3.63) is 107 Å². The van der Waals surface area contributed by atoms with Gasteiger partial charge in [-0.1, -0.05) is 79.7 Å². The number of benzene rings is 3. The average Bonchev–Trinajstić information content (AvgIpc) is 2.86. The second kappa shape index (κ2) is 12.0. The molecule has 0 aromatic heterocycles. The number of carbonyl (C=O) groups is 3. The van der Waals surface area contributed by atoms with Crippen LogP contribution in [0.4, 0.5) is 4.79 Å². The van der Waals surface area contributed by atoms with E-state index in [1.54, 1.807) is 12.1 Å². The molecule has 0 saturated heterocycles. The Bertz CT molecular complexity index is 1050. The molecule has 3 N–H and O–H groups in total. The lowest BCUT2D eigenvalue weighted by Crippen LogP contribution is -2.53. The van der Waals surface area contributed by atoms with E-state index >= 15 is 0 Å². The average molecular weight is 446 g/mol. The van der Waals surface area contributed by atoms with Crippen molar-refractivity contribution in [3.8, 4) is 0 Å². The van der Waals surface area contributed by atoms with E-state index < -0.39 is 23.9 Å². The van der Waals surface area contributed by atoms with Gasteiger partial charge in [0.05, 0.1) is 0 Å². The van der Waals surface area contributed by atoms with Crippen LogP contribution in [0.15, 0.2) is 84.9 Å². The van der Waals surface area contributed by atoms with Crippen molar-refractivity contribution in [3.63, 3.8) is 0 Å². The lowest BCUT2D eigenvalue weighted by atomic mass is 10.1. The summed E-state index contributed by atoms with van der Waals surface area (Å²) < 4.78 is 5.25. The summed E-state index contributed by atoms with van der Waals surface area (Å²) in [6.07, 6.45) is 0.372. The Morgan fingerprint density at radius 1 is 0.758 bits per heavy atom. The van der Waals surface area contributed by atoms with E-state index in [2.05, 4.69) is 16.2 Å². The molecule has 1 atom stereocenters. The van der Waals surface area contributed by atoms with Crippen molar-refractivity contribution in [2.75, 3.05) is 0 Å². The van der Waals surface area contributed by atoms with Crippen LogP contribution in [0, 0.1) is 0 Å². The summed E-state index contributed by atoms with van der Waals surface area (Å²) in [5, 5.41) is 2.59. The molecule has 0 aliphatic heterocycles. The van der Waals surface area contributed by atoms with Crippen LogP contribution in [-0.2, 0) is 29.0 Å². The van der Waals surface area contributed by atoms with Crippen LogP contribution in [0.1, 0.15) is 34.0 Å². The van der Waals surface area contributed by atoms with Crippen LogP contribution < -0.4 is 16.2 Å². The maximum absolute atomic E-state index is 12.8. The maximum Gasteiger partial charge on any atom is 0.408 e. The molecule has 0 bridgehead atoms. The number of hydrogen-bond acceptors (Lipinski definition) is 4. The standard InChI is InChI=1S/C26H27N3O4/c1-2-19-13-15-22(16-14-19)24(30)28-29-25(31)23(17-20-9-5-3-6-10-20)27-26(32)33-18-21-11-7-4-8-12-21/h3-16,23H,2,17-18H2,1H3,(H,27,32)(H,28,30)(H,29,31)/t23-/m0/s1. The van der Waals surface area contributed by atoms with E-state index in [0.717, 1.165) is 23.1 Å². The number of amides is 3. The first kappa shape index (κ1) is 23.5. The van der Waals surface area contributed by atoms with Gasteiger partial charge in [-0.15, -0.1) is 0 Å². The SMILES string of the molecule is CCc1ccc(C(=O)NNC(=O)[C@H](Cc2ccccc2)NC(=O)OCc2ccccc2)cc1. The molecule has 3 rings (SSSR count). The van der Waals surface area contributed by atoms with Crippen molar-refractivity contribution >= 4 is 17.9 Å². The number of hydrogen-bond donors (Lipinski definition) is 3. The Balaban J connectivity index is 1.60. The summed E-state index contributed by atoms with van der Waals surface area (Å²) in [7, 11) is 0. The minimum Gasteiger partial charge on any atom is -0.445 e. The molecule has 33 heavy (non-hydrogen) atoms. The highest BCUT2D eigenvalue weighted by atomic mass is 16.5. The van der Waals surface area contributed by atoms with E-state index in [1.807, 2.05) is 79.7 Å². The van der Waals surface area contributed by atoms with E-state index in [1.165, 1.54) is 0 Å². The van der Waals surface area contributed by atoms with Crippen molar-refractivity contribution in [1.82, 2.24) is 16.2 Å². The minimum absolute atomic E-state index is 0.0802. The van der Waals surface area contributed by atoms with Gasteiger partial charge in [0, 0.05) is 12.0 Å². The molecule has 0 aliphatic rings. The van der Waals surface area contributed by atoms with Gasteiger partial charge in [-0.3, -0.25) is 20.4 Å². The topological polar surface area (TPSA) is 96.5 Å². The number of nitrogens with one attached hydrogen (secondary N) is 3. The van der Waals surface area contributed by atoms with Crippen molar-refractivity contribution in [1.29, 1.82) is 0 Å². The summed E-state index contributed by atoms with van der Waals surface area (Å²) in [6, 6.07) is 24.7. The van der Waals surface area contributed by atoms with Gasteiger partial charge >= 0.3 is 6.09 Å². The van der Waals surface area contributed by atoms with Crippen LogP contribution in [0.3, 0.4) is 0 Å². The second-order valence-electron chi connectivity index (χ2n) is 7.44. The third-order valence-electron chi connectivity index (χ3n) is 5.03. The first-order valence-electron chi connectivity index (χ1n) is 10.8. The molecule has 3 aromatic rings. The number of hydrazine groups is 1. The zero-order chi connectivity index (χ0) is 23.5. The molecule has 0 unspecified atom stereocenters. The molecule has 170 valence electrons. The zero-order valence-electron chi connectivity index (χ0n) is 18.4. The van der Waals surface area contributed by atoms with E-state index in [9.17, 15) is 14.4 Å². The van der Waals surface area contributed by atoms with Gasteiger partial charge in [-0.25, -0.2) is 4.79 Å². The van der Waals surface area contributed by atoms with E-state index in [-0.39, 0.29) is 13.0 Å². The molecule has 3 amide bonds. The molecule has 0 spiro atoms. The van der Waals surface area contributed by atoms with Gasteiger partial charge < -0.3 is 10.1 Å². The fourth-order valence-corrected chi connectivity index (χ4v) is 3.14. The van der Waals surface area contributed by atoms with Gasteiger partial charge in [-0.05, 0) is 35.2 Å². The summed E-state index contributed by atoms with van der Waals surface area (Å²) in [4.78, 5) is 37.5. The fourth-order valence-electron chi connectivity index (χ4n) is 3.14. The maximum atomic E-state index is 12.8. The number of ether oxygens (including phenoxy) is 1. The van der Waals surface area contributed by atoms with Crippen molar-refractivity contribution in [2.45, 2.75) is 32.4 Å². The second-order valence-corrected chi connectivity index (χ2v) is 7.44. The van der Waals surface area contributed by atoms with Gasteiger partial charge in [0.25, 0.3) is 11.8 Å². The molecular weight excluding hydrogens is 418 g/mol. The normalized spacial score (nSPS) is 11.2. The molecule has 0 saturated carbocycles. The van der Waals surface area contributed by atoms with Crippen LogP contribution in [0.2, 0.25) is 0 Å². The lowest BCUT2D eigenvalue weighted by Gasteiger charge is -2.19. The molecular formula is C26H27N3O4. The summed E-state index contributed by atoms with van der Waals surface area (Å²) >= 11 is 0. The summed E-state index contributed by atoms with van der Waals surface area (Å²) in [5.74, 6) is -1.01. The van der Waals surface area contributed by atoms with Crippen LogP contribution in [0.5, 0.6) is 0 Å². The molecule has 0 heterocycles. The van der Waals surface area contributed by atoms with Crippen molar-refractivity contribution < 1.29 is 19.1 Å². The molecule has 7 heteroatoms. The Morgan fingerprint density at radius 3 is 1.97 bits per heavy atom. The Labute approximate surface area is 193 Å². The van der Waals surface area contributed by atoms with E-state index in [0.29, 0.717) is 5.56 Å². The smallest absolute Gasteiger partial charge is 0.408 e. The predicted molar refractivity (Wildman–Crippen MR) is 125 cm³/mol. The van der Waals surface area contributed by atoms with Gasteiger partial charge in [0.2, 0.25) is 0 Å². The monoisotopic (exact) mass is 445 g/mol. The molecule has 0 radical (unpaired) electrons. The predicted octanol–water partition coefficient (Wildman–Crippen LogP) is 3.55. The highest BCUT2D eigenvalue weighted by Crippen LogP contribution is 2.07. The van der Waals surface area contributed by atoms with Crippen LogP contribution in [0.25, 0.3) is 0 Å². The van der Waals surface area contributed by atoms with Crippen LogP contribution >= 0.6 is 0 Å². The molecule has 7 nitrogen and oxygen atoms in total. The fraction of sp³-hybridized carbons (Fsp3) is 0.192. The quantitative estimate of drug-likeness (QED) is 0.462. The number of carbonyl (C=O) groups excluding carboxylic acids is 3. The molecule has 0 aliphatic carbocycles. The largest absolute Gasteiger partial charge is 0.445 e. The van der Waals surface area contributed by atoms with Gasteiger partial charge in [0.15, 0.2) is 0 Å². The minimum atomic E-state index is -0.946. The van der Waals surface area contributed by atoms with Crippen LogP contribution in [-0.4, -0.2) is 23.9 Å². The first-order chi connectivity index (χ1) is 16.0. The van der Waals surface area contributed by atoms with Gasteiger partial charge in [-0.2, -0.15) is 0 Å². The summed E-state index contributed by atoms with van der Waals surface area (Å²) in [5.41, 5.74) is 8.01. The first-order valence-corrected chi connectivity index (χ1v) is 10.8. The number of rotatable bonds is 8. The van der Waals surface area contributed by atoms with Gasteiger partial charge in [0.1, 0.15) is 12.6 Å². The summed E-state index contributed by atoms with van der Waals surface area (Å²) in [6.45, 7) is 2.11. The third kappa shape index (κ3) is 7.50. The zero-order valence-corrected chi connectivity index (χ0v) is 18.4. The Hall–Kier alpha value is -4.13. The molecule has 3 aromatic carbocycles. The highest BCUT2D eigenvalue weighted by Gasteiger charge is 2.23. The number of alkyl carbamates (subject to hydrolysis) is 1.